The van der Waals surface area contributed by atoms with Gasteiger partial charge in [0.15, 0.2) is 6.10 Å². The SMILES string of the molecule is COC(=O)c1c(NC(=O)C(C)Oc2ccc(F)cc2)sc(C)c1C. The number of methoxy groups -OCH3 is 1. The topological polar surface area (TPSA) is 64.6 Å². The lowest BCUT2D eigenvalue weighted by Crippen LogP contribution is -2.30. The van der Waals surface area contributed by atoms with Gasteiger partial charge in [-0.1, -0.05) is 0 Å². The van der Waals surface area contributed by atoms with Gasteiger partial charge in [0.1, 0.15) is 16.6 Å². The number of hydrogen-bond acceptors (Lipinski definition) is 5. The van der Waals surface area contributed by atoms with Crippen LogP contribution in [0.5, 0.6) is 5.75 Å². The van der Waals surface area contributed by atoms with Crippen LogP contribution in [-0.4, -0.2) is 25.1 Å². The highest BCUT2D eigenvalue weighted by Gasteiger charge is 2.24. The lowest BCUT2D eigenvalue weighted by atomic mass is 10.1. The summed E-state index contributed by atoms with van der Waals surface area (Å²) >= 11 is 1.30. The number of carbonyl (C=O) groups is 2. The van der Waals surface area contributed by atoms with E-state index in [1.807, 2.05) is 6.92 Å². The number of benzene rings is 1. The second-order valence-electron chi connectivity index (χ2n) is 5.18. The zero-order chi connectivity index (χ0) is 17.9. The number of halogens is 1. The van der Waals surface area contributed by atoms with Crippen molar-refractivity contribution in [1.82, 2.24) is 0 Å². The number of carbonyl (C=O) groups excluding carboxylic acids is 2. The second-order valence-corrected chi connectivity index (χ2v) is 6.41. The number of esters is 1. The van der Waals surface area contributed by atoms with Crippen molar-refractivity contribution in [3.8, 4) is 5.75 Å². The summed E-state index contributed by atoms with van der Waals surface area (Å²) < 4.78 is 23.1. The molecule has 24 heavy (non-hydrogen) atoms. The Labute approximate surface area is 143 Å². The van der Waals surface area contributed by atoms with Gasteiger partial charge in [0.05, 0.1) is 12.7 Å². The minimum Gasteiger partial charge on any atom is -0.481 e. The van der Waals surface area contributed by atoms with Gasteiger partial charge in [0.25, 0.3) is 5.91 Å². The van der Waals surface area contributed by atoms with Crippen molar-refractivity contribution in [2.24, 2.45) is 0 Å². The number of ether oxygens (including phenoxy) is 2. The summed E-state index contributed by atoms with van der Waals surface area (Å²) in [5.41, 5.74) is 1.12. The summed E-state index contributed by atoms with van der Waals surface area (Å²) in [5, 5.41) is 3.13. The molecular weight excluding hydrogens is 333 g/mol. The Morgan fingerprint density at radius 1 is 1.21 bits per heavy atom. The molecular formula is C17H18FNO4S. The zero-order valence-electron chi connectivity index (χ0n) is 13.8. The smallest absolute Gasteiger partial charge is 0.341 e. The Hall–Kier alpha value is -2.41. The van der Waals surface area contributed by atoms with E-state index in [-0.39, 0.29) is 5.82 Å². The van der Waals surface area contributed by atoms with Crippen molar-refractivity contribution in [2.45, 2.75) is 26.9 Å². The number of rotatable bonds is 5. The molecule has 128 valence electrons. The van der Waals surface area contributed by atoms with Crippen LogP contribution < -0.4 is 10.1 Å². The normalized spacial score (nSPS) is 11.7. The third-order valence-electron chi connectivity index (χ3n) is 3.51. The van der Waals surface area contributed by atoms with Crippen molar-refractivity contribution in [1.29, 1.82) is 0 Å². The molecule has 0 bridgehead atoms. The molecule has 2 rings (SSSR count). The Morgan fingerprint density at radius 2 is 1.83 bits per heavy atom. The first kappa shape index (κ1) is 17.9. The summed E-state index contributed by atoms with van der Waals surface area (Å²) in [6.45, 7) is 5.23. The molecule has 7 heteroatoms. The molecule has 0 aliphatic heterocycles. The maximum Gasteiger partial charge on any atom is 0.341 e. The monoisotopic (exact) mass is 351 g/mol. The minimum absolute atomic E-state index is 0.349. The van der Waals surface area contributed by atoms with Crippen LogP contribution in [0, 0.1) is 19.7 Å². The van der Waals surface area contributed by atoms with Crippen LogP contribution in [0.1, 0.15) is 27.7 Å². The molecule has 1 aromatic carbocycles. The average Bonchev–Trinajstić information content (AvgIpc) is 2.83. The first-order valence-corrected chi connectivity index (χ1v) is 8.06. The van der Waals surface area contributed by atoms with Crippen LogP contribution in [0.4, 0.5) is 9.39 Å². The number of thiophene rings is 1. The maximum atomic E-state index is 12.9. The summed E-state index contributed by atoms with van der Waals surface area (Å²) in [4.78, 5) is 25.1. The van der Waals surface area contributed by atoms with Crippen molar-refractivity contribution in [3.05, 3.63) is 46.1 Å². The van der Waals surface area contributed by atoms with Gasteiger partial charge in [-0.15, -0.1) is 11.3 Å². The van der Waals surface area contributed by atoms with Crippen molar-refractivity contribution >= 4 is 28.2 Å². The predicted octanol–water partition coefficient (Wildman–Crippen LogP) is 3.70. The summed E-state index contributed by atoms with van der Waals surface area (Å²) in [5.74, 6) is -0.914. The number of aryl methyl sites for hydroxylation is 1. The summed E-state index contributed by atoms with van der Waals surface area (Å²) in [6, 6.07) is 5.39. The van der Waals surface area contributed by atoms with Crippen LogP contribution in [0.25, 0.3) is 0 Å². The largest absolute Gasteiger partial charge is 0.481 e. The first-order valence-electron chi connectivity index (χ1n) is 7.25. The van der Waals surface area contributed by atoms with Crippen molar-refractivity contribution in [2.75, 3.05) is 12.4 Å². The third-order valence-corrected chi connectivity index (χ3v) is 4.63. The molecule has 1 atom stereocenters. The molecule has 1 N–H and O–H groups in total. The zero-order valence-corrected chi connectivity index (χ0v) is 14.6. The highest BCUT2D eigenvalue weighted by atomic mass is 32.1. The fraction of sp³-hybridized carbons (Fsp3) is 0.294. The Balaban J connectivity index is 2.13. The highest BCUT2D eigenvalue weighted by molar-refractivity contribution is 7.16. The standard InChI is InChI=1S/C17H18FNO4S/c1-9-11(3)24-16(14(9)17(21)22-4)19-15(20)10(2)23-13-7-5-12(18)6-8-13/h5-8,10H,1-4H3,(H,19,20). The van der Waals surface area contributed by atoms with E-state index in [4.69, 9.17) is 9.47 Å². The van der Waals surface area contributed by atoms with Crippen LogP contribution in [-0.2, 0) is 9.53 Å². The van der Waals surface area contributed by atoms with Crippen LogP contribution in [0.2, 0.25) is 0 Å². The number of anilines is 1. The number of amides is 1. The quantitative estimate of drug-likeness (QED) is 0.835. The van der Waals surface area contributed by atoms with E-state index in [0.717, 1.165) is 10.4 Å². The van der Waals surface area contributed by atoms with E-state index in [2.05, 4.69) is 5.32 Å². The molecule has 0 saturated carbocycles. The molecule has 1 unspecified atom stereocenters. The fourth-order valence-electron chi connectivity index (χ4n) is 2.05. The molecule has 0 saturated heterocycles. The van der Waals surface area contributed by atoms with Gasteiger partial charge in [0, 0.05) is 4.88 Å². The van der Waals surface area contributed by atoms with E-state index >= 15 is 0 Å². The Morgan fingerprint density at radius 3 is 2.42 bits per heavy atom. The first-order chi connectivity index (χ1) is 11.3. The number of nitrogens with one attached hydrogen (secondary N) is 1. The molecule has 0 aliphatic carbocycles. The van der Waals surface area contributed by atoms with Gasteiger partial charge in [-0.2, -0.15) is 0 Å². The molecule has 1 amide bonds. The van der Waals surface area contributed by atoms with Gasteiger partial charge in [-0.3, -0.25) is 4.79 Å². The lowest BCUT2D eigenvalue weighted by Gasteiger charge is -2.14. The number of hydrogen-bond donors (Lipinski definition) is 1. The van der Waals surface area contributed by atoms with Gasteiger partial charge in [0.2, 0.25) is 0 Å². The molecule has 1 aromatic heterocycles. The van der Waals surface area contributed by atoms with Gasteiger partial charge in [-0.25, -0.2) is 9.18 Å². The summed E-state index contributed by atoms with van der Waals surface area (Å²) in [7, 11) is 1.29. The van der Waals surface area contributed by atoms with E-state index in [0.29, 0.717) is 16.3 Å². The Kier molecular flexibility index (Phi) is 5.56. The molecule has 0 radical (unpaired) electrons. The molecule has 2 aromatic rings. The van der Waals surface area contributed by atoms with Crippen LogP contribution in [0.3, 0.4) is 0 Å². The second kappa shape index (κ2) is 7.44. The lowest BCUT2D eigenvalue weighted by molar-refractivity contribution is -0.122. The van der Waals surface area contributed by atoms with Gasteiger partial charge in [-0.05, 0) is 50.6 Å². The third kappa shape index (κ3) is 3.91. The molecule has 1 heterocycles. The fourth-order valence-corrected chi connectivity index (χ4v) is 3.10. The minimum atomic E-state index is -0.816. The van der Waals surface area contributed by atoms with Gasteiger partial charge < -0.3 is 14.8 Å². The average molecular weight is 351 g/mol. The van der Waals surface area contributed by atoms with E-state index in [1.54, 1.807) is 13.8 Å². The van der Waals surface area contributed by atoms with E-state index in [9.17, 15) is 14.0 Å². The van der Waals surface area contributed by atoms with Gasteiger partial charge >= 0.3 is 5.97 Å². The Bertz CT molecular complexity index is 755. The molecule has 0 spiro atoms. The van der Waals surface area contributed by atoms with E-state index < -0.39 is 18.0 Å². The van der Waals surface area contributed by atoms with Crippen LogP contribution >= 0.6 is 11.3 Å². The predicted molar refractivity (Wildman–Crippen MR) is 90.3 cm³/mol. The highest BCUT2D eigenvalue weighted by Crippen LogP contribution is 2.33. The van der Waals surface area contributed by atoms with Crippen LogP contribution in [0.15, 0.2) is 24.3 Å². The molecule has 0 fully saturated rings. The summed E-state index contributed by atoms with van der Waals surface area (Å²) in [6.07, 6.45) is -0.816. The van der Waals surface area contributed by atoms with E-state index in [1.165, 1.54) is 42.7 Å². The van der Waals surface area contributed by atoms with Crippen molar-refractivity contribution < 1.29 is 23.5 Å². The molecule has 5 nitrogen and oxygen atoms in total. The maximum absolute atomic E-state index is 12.9. The molecule has 0 aliphatic rings. The van der Waals surface area contributed by atoms with Crippen molar-refractivity contribution in [3.63, 3.8) is 0 Å².